The Labute approximate surface area is 191 Å². The van der Waals surface area contributed by atoms with E-state index in [1.807, 2.05) is 18.2 Å². The highest BCUT2D eigenvalue weighted by atomic mass is 35.5. The van der Waals surface area contributed by atoms with Crippen LogP contribution in [0.4, 0.5) is 11.5 Å². The zero-order chi connectivity index (χ0) is 21.8. The van der Waals surface area contributed by atoms with E-state index in [0.717, 1.165) is 41.2 Å². The van der Waals surface area contributed by atoms with E-state index < -0.39 is 0 Å². The van der Waals surface area contributed by atoms with Gasteiger partial charge >= 0.3 is 0 Å². The largest absolute Gasteiger partial charge is 0.486 e. The van der Waals surface area contributed by atoms with Crippen LogP contribution in [0.5, 0.6) is 5.75 Å². The van der Waals surface area contributed by atoms with Gasteiger partial charge in [-0.15, -0.1) is 0 Å². The summed E-state index contributed by atoms with van der Waals surface area (Å²) in [6.45, 7) is 2.41. The molecule has 1 aliphatic heterocycles. The number of anilines is 2. The summed E-state index contributed by atoms with van der Waals surface area (Å²) in [5.74, 6) is 1.86. The molecular formula is C24H23ClN6O. The first-order valence-electron chi connectivity index (χ1n) is 10.7. The first-order chi connectivity index (χ1) is 15.8. The summed E-state index contributed by atoms with van der Waals surface area (Å²) in [5, 5.41) is 8.38. The van der Waals surface area contributed by atoms with Crippen molar-refractivity contribution in [3.8, 4) is 5.75 Å². The quantitative estimate of drug-likeness (QED) is 0.437. The van der Waals surface area contributed by atoms with E-state index in [1.54, 1.807) is 24.9 Å². The van der Waals surface area contributed by atoms with Crippen LogP contribution in [0, 0.1) is 0 Å². The topological polar surface area (TPSA) is 84.9 Å². The molecule has 32 heavy (non-hydrogen) atoms. The van der Waals surface area contributed by atoms with Crippen LogP contribution in [0.3, 0.4) is 0 Å². The van der Waals surface area contributed by atoms with Crippen LogP contribution < -0.4 is 15.4 Å². The summed E-state index contributed by atoms with van der Waals surface area (Å²) < 4.78 is 5.79. The fourth-order valence-corrected chi connectivity index (χ4v) is 4.19. The van der Waals surface area contributed by atoms with Gasteiger partial charge in [0.2, 0.25) is 0 Å². The van der Waals surface area contributed by atoms with Gasteiger partial charge in [0, 0.05) is 30.0 Å². The maximum atomic E-state index is 6.47. The van der Waals surface area contributed by atoms with Gasteiger partial charge in [-0.2, -0.15) is 0 Å². The highest BCUT2D eigenvalue weighted by Gasteiger charge is 2.16. The van der Waals surface area contributed by atoms with Gasteiger partial charge in [0.1, 0.15) is 24.5 Å². The predicted molar refractivity (Wildman–Crippen MR) is 125 cm³/mol. The average Bonchev–Trinajstić information content (AvgIpc) is 2.85. The lowest BCUT2D eigenvalue weighted by atomic mass is 9.91. The number of aromatic nitrogens is 4. The Morgan fingerprint density at radius 2 is 2.06 bits per heavy atom. The molecule has 0 radical (unpaired) electrons. The van der Waals surface area contributed by atoms with Crippen molar-refractivity contribution < 1.29 is 4.74 Å². The van der Waals surface area contributed by atoms with Crippen LogP contribution in [0.1, 0.15) is 30.0 Å². The molecule has 2 aromatic heterocycles. The first-order valence-corrected chi connectivity index (χ1v) is 11.0. The smallest absolute Gasteiger partial charge is 0.141 e. The molecule has 1 fully saturated rings. The number of benzene rings is 2. The summed E-state index contributed by atoms with van der Waals surface area (Å²) >= 11 is 6.47. The first kappa shape index (κ1) is 20.6. The van der Waals surface area contributed by atoms with E-state index in [2.05, 4.69) is 48.8 Å². The summed E-state index contributed by atoms with van der Waals surface area (Å²) in [4.78, 5) is 17.2. The summed E-state index contributed by atoms with van der Waals surface area (Å²) in [5.41, 5.74) is 3.78. The molecule has 5 rings (SSSR count). The molecule has 8 heteroatoms. The van der Waals surface area contributed by atoms with Gasteiger partial charge in [0.25, 0.3) is 0 Å². The Bertz CT molecular complexity index is 1210. The highest BCUT2D eigenvalue weighted by Crippen LogP contribution is 2.32. The Hall–Kier alpha value is -3.29. The summed E-state index contributed by atoms with van der Waals surface area (Å²) in [6, 6.07) is 12.0. The van der Waals surface area contributed by atoms with Gasteiger partial charge in [-0.1, -0.05) is 17.7 Å². The van der Waals surface area contributed by atoms with E-state index in [4.69, 9.17) is 16.3 Å². The number of rotatable bonds is 6. The van der Waals surface area contributed by atoms with Gasteiger partial charge in [-0.25, -0.2) is 9.97 Å². The Kier molecular flexibility index (Phi) is 6.09. The minimum Gasteiger partial charge on any atom is -0.486 e. The molecule has 4 aromatic rings. The van der Waals surface area contributed by atoms with Crippen LogP contribution in [-0.2, 0) is 6.61 Å². The fraction of sp³-hybridized carbons (Fsp3) is 0.250. The van der Waals surface area contributed by atoms with Crippen molar-refractivity contribution in [3.05, 3.63) is 77.6 Å². The van der Waals surface area contributed by atoms with Crippen LogP contribution in [0.25, 0.3) is 10.9 Å². The van der Waals surface area contributed by atoms with Gasteiger partial charge in [-0.05, 0) is 61.2 Å². The number of fused-ring (bicyclic) bond motifs is 1. The third-order valence-corrected chi connectivity index (χ3v) is 5.91. The maximum Gasteiger partial charge on any atom is 0.141 e. The minimum atomic E-state index is 0.301. The number of nitrogens with one attached hydrogen (secondary N) is 2. The number of hydrogen-bond donors (Lipinski definition) is 2. The van der Waals surface area contributed by atoms with Crippen molar-refractivity contribution in [2.75, 3.05) is 18.4 Å². The van der Waals surface area contributed by atoms with Crippen molar-refractivity contribution >= 4 is 34.0 Å². The minimum absolute atomic E-state index is 0.301. The molecule has 2 N–H and O–H groups in total. The maximum absolute atomic E-state index is 6.47. The van der Waals surface area contributed by atoms with Crippen LogP contribution in [-0.4, -0.2) is 33.0 Å². The zero-order valence-electron chi connectivity index (χ0n) is 17.5. The average molecular weight is 447 g/mol. The monoisotopic (exact) mass is 446 g/mol. The molecule has 0 unspecified atom stereocenters. The molecular weight excluding hydrogens is 424 g/mol. The number of ether oxygens (including phenoxy) is 1. The molecule has 1 aliphatic rings. The van der Waals surface area contributed by atoms with Crippen molar-refractivity contribution in [1.29, 1.82) is 0 Å². The Morgan fingerprint density at radius 1 is 1.09 bits per heavy atom. The normalized spacial score (nSPS) is 16.1. The standard InChI is InChI=1S/C24H23ClN6O/c25-21-11-18(4-6-23(21)32-14-19-13-27-8-9-28-19)31-24-20-10-16(17-2-1-7-26-12-17)3-5-22(20)29-15-30-24/h3-6,8-11,13,15,17,26H,1-2,7,12,14H2,(H,29,30,31)/t17-/m0/s1. The molecule has 162 valence electrons. The lowest BCUT2D eigenvalue weighted by Gasteiger charge is -2.23. The second-order valence-corrected chi connectivity index (χ2v) is 8.20. The van der Waals surface area contributed by atoms with Gasteiger partial charge < -0.3 is 15.4 Å². The lowest BCUT2D eigenvalue weighted by Crippen LogP contribution is -2.28. The van der Waals surface area contributed by atoms with E-state index >= 15 is 0 Å². The van der Waals surface area contributed by atoms with E-state index in [-0.39, 0.29) is 0 Å². The summed E-state index contributed by atoms with van der Waals surface area (Å²) in [7, 11) is 0. The second-order valence-electron chi connectivity index (χ2n) is 7.80. The SMILES string of the molecule is Clc1cc(Nc2ncnc3ccc([C@H]4CCCNC4)cc23)ccc1OCc1cnccn1. The Morgan fingerprint density at radius 3 is 2.88 bits per heavy atom. The number of nitrogens with zero attached hydrogens (tertiary/aromatic N) is 4. The molecule has 2 aromatic carbocycles. The van der Waals surface area contributed by atoms with Crippen LogP contribution >= 0.6 is 11.6 Å². The third-order valence-electron chi connectivity index (χ3n) is 5.61. The molecule has 0 amide bonds. The van der Waals surface area contributed by atoms with Gasteiger partial charge in [0.15, 0.2) is 0 Å². The van der Waals surface area contributed by atoms with E-state index in [1.165, 1.54) is 18.4 Å². The lowest BCUT2D eigenvalue weighted by molar-refractivity contribution is 0.301. The predicted octanol–water partition coefficient (Wildman–Crippen LogP) is 4.86. The fourth-order valence-electron chi connectivity index (χ4n) is 3.95. The zero-order valence-corrected chi connectivity index (χ0v) is 18.2. The molecule has 3 heterocycles. The summed E-state index contributed by atoms with van der Waals surface area (Å²) in [6.07, 6.45) is 8.90. The molecule has 1 saturated heterocycles. The van der Waals surface area contributed by atoms with Crippen molar-refractivity contribution in [1.82, 2.24) is 25.3 Å². The van der Waals surface area contributed by atoms with E-state index in [0.29, 0.717) is 23.3 Å². The van der Waals surface area contributed by atoms with Crippen molar-refractivity contribution in [2.45, 2.75) is 25.4 Å². The molecule has 0 spiro atoms. The molecule has 0 bridgehead atoms. The molecule has 7 nitrogen and oxygen atoms in total. The van der Waals surface area contributed by atoms with Gasteiger partial charge in [-0.3, -0.25) is 9.97 Å². The van der Waals surface area contributed by atoms with E-state index in [9.17, 15) is 0 Å². The second kappa shape index (κ2) is 9.46. The molecule has 0 saturated carbocycles. The van der Waals surface area contributed by atoms with Crippen molar-refractivity contribution in [3.63, 3.8) is 0 Å². The number of piperidine rings is 1. The van der Waals surface area contributed by atoms with Crippen molar-refractivity contribution in [2.24, 2.45) is 0 Å². The molecule has 1 atom stereocenters. The number of halogens is 1. The van der Waals surface area contributed by atoms with Gasteiger partial charge in [0.05, 0.1) is 22.4 Å². The third kappa shape index (κ3) is 4.64. The Balaban J connectivity index is 1.36. The van der Waals surface area contributed by atoms with Crippen LogP contribution in [0.15, 0.2) is 61.3 Å². The van der Waals surface area contributed by atoms with Crippen LogP contribution in [0.2, 0.25) is 5.02 Å². The number of hydrogen-bond acceptors (Lipinski definition) is 7. The highest BCUT2D eigenvalue weighted by molar-refractivity contribution is 6.32. The molecule has 0 aliphatic carbocycles.